The highest BCUT2D eigenvalue weighted by atomic mass is 16.5. The maximum atomic E-state index is 10.2. The van der Waals surface area contributed by atoms with Crippen molar-refractivity contribution in [2.24, 2.45) is 0 Å². The molecule has 1 N–H and O–H groups in total. The summed E-state index contributed by atoms with van der Waals surface area (Å²) in [6.07, 6.45) is 0. The molecule has 0 amide bonds. The summed E-state index contributed by atoms with van der Waals surface area (Å²) >= 11 is 0. The highest BCUT2D eigenvalue weighted by Gasteiger charge is 2.07. The Labute approximate surface area is 193 Å². The Morgan fingerprint density at radius 3 is 1.12 bits per heavy atom. The van der Waals surface area contributed by atoms with Crippen LogP contribution in [0.25, 0.3) is 22.3 Å². The van der Waals surface area contributed by atoms with E-state index in [0.29, 0.717) is 23.0 Å². The number of benzene rings is 5. The molecule has 0 atom stereocenters. The molecule has 160 valence electrons. The van der Waals surface area contributed by atoms with Crippen LogP contribution in [0.5, 0.6) is 28.7 Å². The van der Waals surface area contributed by atoms with Gasteiger partial charge in [0, 0.05) is 18.2 Å². The van der Waals surface area contributed by atoms with Gasteiger partial charge in [0.25, 0.3) is 0 Å². The molecule has 0 radical (unpaired) electrons. The van der Waals surface area contributed by atoms with Gasteiger partial charge in [0.1, 0.15) is 28.7 Å². The van der Waals surface area contributed by atoms with Crippen LogP contribution in [0, 0.1) is 0 Å². The zero-order chi connectivity index (χ0) is 22.5. The molecule has 0 fully saturated rings. The smallest absolute Gasteiger partial charge is 0.134 e. The maximum Gasteiger partial charge on any atom is 0.134 e. The first-order valence-corrected chi connectivity index (χ1v) is 10.7. The molecule has 0 saturated carbocycles. The van der Waals surface area contributed by atoms with Crippen LogP contribution in [-0.4, -0.2) is 5.11 Å². The molecule has 0 aromatic heterocycles. The predicted molar refractivity (Wildman–Crippen MR) is 132 cm³/mol. The zero-order valence-electron chi connectivity index (χ0n) is 17.9. The number of hydrogen-bond donors (Lipinski definition) is 1. The molecular formula is C30H22O3. The number of hydrogen-bond acceptors (Lipinski definition) is 3. The van der Waals surface area contributed by atoms with E-state index in [1.54, 1.807) is 18.2 Å². The molecule has 0 aliphatic rings. The Morgan fingerprint density at radius 1 is 0.364 bits per heavy atom. The van der Waals surface area contributed by atoms with Gasteiger partial charge in [-0.1, -0.05) is 84.9 Å². The maximum absolute atomic E-state index is 10.2. The Kier molecular flexibility index (Phi) is 5.77. The number of phenols is 1. The number of ether oxygens (including phenoxy) is 2. The largest absolute Gasteiger partial charge is 0.508 e. The highest BCUT2D eigenvalue weighted by molar-refractivity contribution is 5.65. The van der Waals surface area contributed by atoms with Crippen LogP contribution in [0.2, 0.25) is 0 Å². The van der Waals surface area contributed by atoms with Crippen molar-refractivity contribution in [3.8, 4) is 51.0 Å². The zero-order valence-corrected chi connectivity index (χ0v) is 17.9. The van der Waals surface area contributed by atoms with E-state index < -0.39 is 0 Å². The van der Waals surface area contributed by atoms with Gasteiger partial charge in [-0.3, -0.25) is 0 Å². The van der Waals surface area contributed by atoms with E-state index in [0.717, 1.165) is 22.3 Å². The van der Waals surface area contributed by atoms with Crippen molar-refractivity contribution in [3.63, 3.8) is 0 Å². The third kappa shape index (κ3) is 5.05. The van der Waals surface area contributed by atoms with Crippen molar-refractivity contribution in [3.05, 3.63) is 127 Å². The van der Waals surface area contributed by atoms with Gasteiger partial charge >= 0.3 is 0 Å². The Balaban J connectivity index is 1.30. The summed E-state index contributed by atoms with van der Waals surface area (Å²) < 4.78 is 11.9. The van der Waals surface area contributed by atoms with Crippen LogP contribution >= 0.6 is 0 Å². The summed E-state index contributed by atoms with van der Waals surface area (Å²) in [5, 5.41) is 10.2. The first kappa shape index (κ1) is 20.4. The van der Waals surface area contributed by atoms with Crippen LogP contribution in [-0.2, 0) is 0 Å². The predicted octanol–water partition coefficient (Wildman–Crippen LogP) is 8.31. The summed E-state index contributed by atoms with van der Waals surface area (Å²) in [5.41, 5.74) is 4.52. The van der Waals surface area contributed by atoms with Gasteiger partial charge in [-0.05, 0) is 46.5 Å². The molecule has 0 bridgehead atoms. The average Bonchev–Trinajstić information content (AvgIpc) is 2.86. The average molecular weight is 431 g/mol. The summed E-state index contributed by atoms with van der Waals surface area (Å²) in [6.45, 7) is 0. The number of phenolic OH excluding ortho intramolecular Hbond substituents is 1. The monoisotopic (exact) mass is 430 g/mol. The van der Waals surface area contributed by atoms with Crippen LogP contribution in [0.15, 0.2) is 127 Å². The molecule has 5 aromatic rings. The minimum Gasteiger partial charge on any atom is -0.508 e. The van der Waals surface area contributed by atoms with Gasteiger partial charge < -0.3 is 14.6 Å². The topological polar surface area (TPSA) is 38.7 Å². The molecule has 0 heterocycles. The third-order valence-corrected chi connectivity index (χ3v) is 5.26. The van der Waals surface area contributed by atoms with Crippen molar-refractivity contribution < 1.29 is 14.6 Å². The molecule has 5 rings (SSSR count). The second kappa shape index (κ2) is 9.33. The third-order valence-electron chi connectivity index (χ3n) is 5.26. The van der Waals surface area contributed by atoms with Gasteiger partial charge in [0.05, 0.1) is 0 Å². The van der Waals surface area contributed by atoms with Gasteiger partial charge in [-0.25, -0.2) is 0 Å². The first-order chi connectivity index (χ1) is 16.2. The Hall–Kier alpha value is -4.50. The summed E-state index contributed by atoms with van der Waals surface area (Å²) in [6, 6.07) is 40.9. The fourth-order valence-electron chi connectivity index (χ4n) is 3.64. The van der Waals surface area contributed by atoms with Crippen LogP contribution in [0.1, 0.15) is 0 Å². The second-order valence-electron chi connectivity index (χ2n) is 7.65. The minimum absolute atomic E-state index is 0.0734. The lowest BCUT2D eigenvalue weighted by atomic mass is 10.1. The van der Waals surface area contributed by atoms with Crippen LogP contribution < -0.4 is 9.47 Å². The van der Waals surface area contributed by atoms with Crippen molar-refractivity contribution in [2.45, 2.75) is 0 Å². The van der Waals surface area contributed by atoms with Gasteiger partial charge in [0.2, 0.25) is 0 Å². The SMILES string of the molecule is Oc1cc(Oc2ccc(-c3ccccc3)cc2)cc(Oc2ccc(-c3ccccc3)cc2)c1. The van der Waals surface area contributed by atoms with Crippen LogP contribution in [0.3, 0.4) is 0 Å². The number of aromatic hydroxyl groups is 1. The second-order valence-corrected chi connectivity index (χ2v) is 7.65. The van der Waals surface area contributed by atoms with Crippen molar-refractivity contribution in [1.29, 1.82) is 0 Å². The lowest BCUT2D eigenvalue weighted by Gasteiger charge is -2.11. The molecule has 0 aliphatic heterocycles. The molecule has 0 saturated heterocycles. The lowest BCUT2D eigenvalue weighted by molar-refractivity contribution is 0.435. The van der Waals surface area contributed by atoms with Gasteiger partial charge in [-0.2, -0.15) is 0 Å². The summed E-state index contributed by atoms with van der Waals surface area (Å²) in [4.78, 5) is 0. The fourth-order valence-corrected chi connectivity index (χ4v) is 3.64. The fraction of sp³-hybridized carbons (Fsp3) is 0. The Bertz CT molecular complexity index is 1220. The van der Waals surface area contributed by atoms with Crippen molar-refractivity contribution >= 4 is 0 Å². The highest BCUT2D eigenvalue weighted by Crippen LogP contribution is 2.34. The van der Waals surface area contributed by atoms with E-state index >= 15 is 0 Å². The molecule has 3 heteroatoms. The van der Waals surface area contributed by atoms with Crippen LogP contribution in [0.4, 0.5) is 0 Å². The van der Waals surface area contributed by atoms with Gasteiger partial charge in [0.15, 0.2) is 0 Å². The lowest BCUT2D eigenvalue weighted by Crippen LogP contribution is -1.88. The van der Waals surface area contributed by atoms with E-state index in [9.17, 15) is 5.11 Å². The van der Waals surface area contributed by atoms with Crippen molar-refractivity contribution in [1.82, 2.24) is 0 Å². The molecular weight excluding hydrogens is 408 g/mol. The Morgan fingerprint density at radius 2 is 0.727 bits per heavy atom. The van der Waals surface area contributed by atoms with E-state index in [1.165, 1.54) is 0 Å². The molecule has 0 unspecified atom stereocenters. The minimum atomic E-state index is 0.0734. The first-order valence-electron chi connectivity index (χ1n) is 10.7. The van der Waals surface area contributed by atoms with Gasteiger partial charge in [-0.15, -0.1) is 0 Å². The standard InChI is InChI=1S/C30H22O3/c31-26-19-29(32-27-15-11-24(12-16-27)22-7-3-1-4-8-22)21-30(20-26)33-28-17-13-25(14-18-28)23-9-5-2-6-10-23/h1-21,31H. The summed E-state index contributed by atoms with van der Waals surface area (Å²) in [7, 11) is 0. The van der Waals surface area contributed by atoms with E-state index in [1.807, 2.05) is 84.9 Å². The molecule has 0 spiro atoms. The summed E-state index contributed by atoms with van der Waals surface area (Å²) in [5.74, 6) is 2.43. The quantitative estimate of drug-likeness (QED) is 0.294. The number of rotatable bonds is 6. The van der Waals surface area contributed by atoms with E-state index in [2.05, 4.69) is 24.3 Å². The van der Waals surface area contributed by atoms with E-state index in [-0.39, 0.29) is 5.75 Å². The molecule has 3 nitrogen and oxygen atoms in total. The van der Waals surface area contributed by atoms with Crippen molar-refractivity contribution in [2.75, 3.05) is 0 Å². The molecule has 0 aliphatic carbocycles. The normalized spacial score (nSPS) is 10.5. The molecule has 33 heavy (non-hydrogen) atoms. The molecule has 5 aromatic carbocycles. The van der Waals surface area contributed by atoms with E-state index in [4.69, 9.17) is 9.47 Å².